The van der Waals surface area contributed by atoms with Crippen molar-refractivity contribution in [3.8, 4) is 23.1 Å². The molecule has 2 aromatic carbocycles. The molecule has 0 spiro atoms. The zero-order valence-corrected chi connectivity index (χ0v) is 17.2. The van der Waals surface area contributed by atoms with Gasteiger partial charge in [0.05, 0.1) is 21.8 Å². The summed E-state index contributed by atoms with van der Waals surface area (Å²) in [6.45, 7) is 0. The first-order valence-corrected chi connectivity index (χ1v) is 9.93. The Balaban J connectivity index is 2.12. The van der Waals surface area contributed by atoms with Crippen molar-refractivity contribution in [3.63, 3.8) is 0 Å². The Morgan fingerprint density at radius 3 is 2.63 bits per heavy atom. The molecule has 3 rings (SSSR count). The minimum Gasteiger partial charge on any atom is -0.378 e. The van der Waals surface area contributed by atoms with E-state index in [9.17, 15) is 0 Å². The summed E-state index contributed by atoms with van der Waals surface area (Å²) in [7, 11) is 3.98. The van der Waals surface area contributed by atoms with Crippen LogP contribution in [0.25, 0.3) is 17.1 Å². The molecule has 0 aliphatic heterocycles. The maximum absolute atomic E-state index is 8.82. The minimum atomic E-state index is 0.435. The molecule has 0 unspecified atom stereocenters. The summed E-state index contributed by atoms with van der Waals surface area (Å²) >= 11 is 13.8. The highest BCUT2D eigenvalue weighted by Gasteiger charge is 2.17. The number of nitriles is 1. The maximum atomic E-state index is 8.82. The summed E-state index contributed by atoms with van der Waals surface area (Å²) in [6, 6.07) is 15.6. The zero-order chi connectivity index (χ0) is 19.4. The molecule has 8 heteroatoms. The van der Waals surface area contributed by atoms with Crippen LogP contribution in [0.2, 0.25) is 10.0 Å². The van der Waals surface area contributed by atoms with E-state index in [4.69, 9.17) is 28.5 Å². The Labute approximate surface area is 172 Å². The molecule has 0 atom stereocenters. The summed E-state index contributed by atoms with van der Waals surface area (Å²) in [5.41, 5.74) is 2.82. The second kappa shape index (κ2) is 8.66. The highest BCUT2D eigenvalue weighted by atomic mass is 35.5. The Hall–Kier alpha value is -2.20. The van der Waals surface area contributed by atoms with Crippen LogP contribution in [-0.2, 0) is 0 Å². The van der Waals surface area contributed by atoms with E-state index in [1.54, 1.807) is 12.1 Å². The molecule has 1 heterocycles. The van der Waals surface area contributed by atoms with E-state index in [2.05, 4.69) is 22.3 Å². The summed E-state index contributed by atoms with van der Waals surface area (Å²) < 4.78 is 1.94. The predicted octanol–water partition coefficient (Wildman–Crippen LogP) is 5.31. The lowest BCUT2D eigenvalue weighted by atomic mass is 10.1. The maximum Gasteiger partial charge on any atom is 0.196 e. The number of anilines is 1. The molecule has 0 aliphatic carbocycles. The van der Waals surface area contributed by atoms with Gasteiger partial charge in [-0.1, -0.05) is 47.1 Å². The third-order valence-electron chi connectivity index (χ3n) is 3.86. The molecule has 138 valence electrons. The molecular formula is C19H17Cl2N5S. The van der Waals surface area contributed by atoms with Crippen LogP contribution in [-0.4, -0.2) is 34.6 Å². The Bertz CT molecular complexity index is 994. The third kappa shape index (κ3) is 4.38. The van der Waals surface area contributed by atoms with Gasteiger partial charge in [-0.15, -0.1) is 10.2 Å². The van der Waals surface area contributed by atoms with Gasteiger partial charge >= 0.3 is 0 Å². The van der Waals surface area contributed by atoms with Gasteiger partial charge in [-0.2, -0.15) is 5.26 Å². The summed E-state index contributed by atoms with van der Waals surface area (Å²) in [5.74, 6) is 1.34. The fourth-order valence-electron chi connectivity index (χ4n) is 2.52. The predicted molar refractivity (Wildman–Crippen MR) is 112 cm³/mol. The number of aromatic nitrogens is 3. The number of benzene rings is 2. The summed E-state index contributed by atoms with van der Waals surface area (Å²) in [4.78, 5) is 2.03. The number of halogens is 2. The van der Waals surface area contributed by atoms with Gasteiger partial charge in [-0.3, -0.25) is 4.57 Å². The van der Waals surface area contributed by atoms with Crippen molar-refractivity contribution < 1.29 is 0 Å². The third-order valence-corrected chi connectivity index (χ3v) is 5.53. The average Bonchev–Trinajstić information content (AvgIpc) is 3.08. The van der Waals surface area contributed by atoms with E-state index < -0.39 is 0 Å². The molecule has 0 saturated heterocycles. The quantitative estimate of drug-likeness (QED) is 0.401. The van der Waals surface area contributed by atoms with Gasteiger partial charge in [0.1, 0.15) is 0 Å². The van der Waals surface area contributed by atoms with Crippen molar-refractivity contribution in [2.45, 2.75) is 11.6 Å². The highest BCUT2D eigenvalue weighted by molar-refractivity contribution is 7.99. The van der Waals surface area contributed by atoms with Crippen LogP contribution in [0.4, 0.5) is 5.69 Å². The SMILES string of the molecule is CN(C)c1cccc(-c2nnc(SCCC#N)n2-c2ccc(Cl)c(Cl)c2)c1. The molecule has 0 bridgehead atoms. The normalized spacial score (nSPS) is 10.6. The molecule has 0 saturated carbocycles. The molecule has 3 aromatic rings. The van der Waals surface area contributed by atoms with Crippen molar-refractivity contribution >= 4 is 40.7 Å². The molecule has 0 amide bonds. The van der Waals surface area contributed by atoms with Crippen LogP contribution >= 0.6 is 35.0 Å². The van der Waals surface area contributed by atoms with Crippen LogP contribution in [0.3, 0.4) is 0 Å². The largest absolute Gasteiger partial charge is 0.378 e. The van der Waals surface area contributed by atoms with Crippen molar-refractivity contribution in [3.05, 3.63) is 52.5 Å². The Kier molecular flexibility index (Phi) is 6.27. The van der Waals surface area contributed by atoms with E-state index in [0.717, 1.165) is 16.9 Å². The van der Waals surface area contributed by atoms with Crippen LogP contribution in [0.1, 0.15) is 6.42 Å². The number of hydrogen-bond acceptors (Lipinski definition) is 5. The van der Waals surface area contributed by atoms with Crippen molar-refractivity contribution in [2.24, 2.45) is 0 Å². The van der Waals surface area contributed by atoms with Crippen LogP contribution < -0.4 is 4.90 Å². The van der Waals surface area contributed by atoms with E-state index >= 15 is 0 Å². The van der Waals surface area contributed by atoms with Crippen molar-refractivity contribution in [1.82, 2.24) is 14.8 Å². The monoisotopic (exact) mass is 417 g/mol. The zero-order valence-electron chi connectivity index (χ0n) is 14.9. The number of hydrogen-bond donors (Lipinski definition) is 0. The van der Waals surface area contributed by atoms with Gasteiger partial charge in [0.15, 0.2) is 11.0 Å². The number of nitrogens with zero attached hydrogens (tertiary/aromatic N) is 5. The molecule has 0 fully saturated rings. The van der Waals surface area contributed by atoms with Crippen molar-refractivity contribution in [2.75, 3.05) is 24.7 Å². The summed E-state index contributed by atoms with van der Waals surface area (Å²) in [6.07, 6.45) is 0.435. The van der Waals surface area contributed by atoms with Gasteiger partial charge in [0.25, 0.3) is 0 Å². The van der Waals surface area contributed by atoms with E-state index in [1.165, 1.54) is 11.8 Å². The van der Waals surface area contributed by atoms with Gasteiger partial charge in [-0.05, 0) is 30.3 Å². The van der Waals surface area contributed by atoms with Crippen LogP contribution in [0.15, 0.2) is 47.6 Å². The number of thioether (sulfide) groups is 1. The molecule has 1 aromatic heterocycles. The average molecular weight is 418 g/mol. The first kappa shape index (κ1) is 19.6. The lowest BCUT2D eigenvalue weighted by Gasteiger charge is -2.15. The van der Waals surface area contributed by atoms with E-state index in [1.807, 2.05) is 47.8 Å². The summed E-state index contributed by atoms with van der Waals surface area (Å²) in [5, 5.41) is 19.2. The standard InChI is InChI=1S/C19H17Cl2N5S/c1-25(2)14-6-3-5-13(11-14)18-23-24-19(27-10-4-9-22)26(18)15-7-8-16(20)17(21)12-15/h3,5-8,11-12H,4,10H2,1-2H3. The Morgan fingerprint density at radius 1 is 1.11 bits per heavy atom. The molecular weight excluding hydrogens is 401 g/mol. The first-order chi connectivity index (χ1) is 13.0. The van der Waals surface area contributed by atoms with Gasteiger partial charge in [0.2, 0.25) is 0 Å². The molecule has 27 heavy (non-hydrogen) atoms. The van der Waals surface area contributed by atoms with E-state index in [0.29, 0.717) is 33.2 Å². The second-order valence-electron chi connectivity index (χ2n) is 5.94. The smallest absolute Gasteiger partial charge is 0.196 e. The molecule has 0 radical (unpaired) electrons. The molecule has 0 aliphatic rings. The van der Waals surface area contributed by atoms with Gasteiger partial charge in [-0.25, -0.2) is 0 Å². The van der Waals surface area contributed by atoms with Gasteiger partial charge in [0, 0.05) is 37.5 Å². The fourth-order valence-corrected chi connectivity index (χ4v) is 3.61. The van der Waals surface area contributed by atoms with Gasteiger partial charge < -0.3 is 4.90 Å². The second-order valence-corrected chi connectivity index (χ2v) is 7.82. The lowest BCUT2D eigenvalue weighted by molar-refractivity contribution is 0.885. The van der Waals surface area contributed by atoms with Crippen LogP contribution in [0, 0.1) is 11.3 Å². The van der Waals surface area contributed by atoms with Crippen LogP contribution in [0.5, 0.6) is 0 Å². The molecule has 0 N–H and O–H groups in total. The highest BCUT2D eigenvalue weighted by Crippen LogP contribution is 2.32. The van der Waals surface area contributed by atoms with E-state index in [-0.39, 0.29) is 0 Å². The Morgan fingerprint density at radius 2 is 1.93 bits per heavy atom. The lowest BCUT2D eigenvalue weighted by Crippen LogP contribution is -2.08. The topological polar surface area (TPSA) is 57.7 Å². The fraction of sp³-hybridized carbons (Fsp3) is 0.211. The number of rotatable bonds is 6. The minimum absolute atomic E-state index is 0.435. The molecule has 5 nitrogen and oxygen atoms in total. The van der Waals surface area contributed by atoms with Crippen molar-refractivity contribution in [1.29, 1.82) is 5.26 Å². The first-order valence-electron chi connectivity index (χ1n) is 8.19.